The Labute approximate surface area is 141 Å². The molecule has 0 aliphatic carbocycles. The lowest BCUT2D eigenvalue weighted by Crippen LogP contribution is -2.39. The van der Waals surface area contributed by atoms with Crippen molar-refractivity contribution in [3.8, 4) is 6.07 Å². The van der Waals surface area contributed by atoms with Crippen LogP contribution in [0.25, 0.3) is 0 Å². The summed E-state index contributed by atoms with van der Waals surface area (Å²) < 4.78 is 0. The van der Waals surface area contributed by atoms with E-state index in [0.717, 1.165) is 11.3 Å². The van der Waals surface area contributed by atoms with Gasteiger partial charge in [-0.1, -0.05) is 18.2 Å². The monoisotopic (exact) mass is 324 g/mol. The first kappa shape index (κ1) is 17.4. The molecule has 1 heterocycles. The van der Waals surface area contributed by atoms with Crippen LogP contribution in [0.2, 0.25) is 0 Å². The van der Waals surface area contributed by atoms with Crippen molar-refractivity contribution in [1.29, 1.82) is 5.26 Å². The molecule has 6 heteroatoms. The highest BCUT2D eigenvalue weighted by atomic mass is 16.3. The van der Waals surface area contributed by atoms with Crippen molar-refractivity contribution in [2.75, 3.05) is 13.2 Å². The molecule has 2 rings (SSSR count). The van der Waals surface area contributed by atoms with E-state index in [9.17, 15) is 9.90 Å². The topological polar surface area (TPSA) is 98.0 Å². The zero-order valence-electron chi connectivity index (χ0n) is 13.3. The number of nitrogens with one attached hydrogen (secondary N) is 2. The lowest BCUT2D eigenvalue weighted by Gasteiger charge is -2.15. The minimum absolute atomic E-state index is 0.0267. The van der Waals surface area contributed by atoms with Gasteiger partial charge in [-0.25, -0.2) is 4.79 Å². The molecule has 0 radical (unpaired) electrons. The number of hydrogen-bond acceptors (Lipinski definition) is 4. The number of nitrogens with zero attached hydrogens (tertiary/aromatic N) is 2. The standard InChI is InChI=1S/C18H20N4O2/c19-10-14-4-3-5-15(8-14)11-21-18(24)22-12-16(13-23)9-17-6-1-2-7-20-17/h1-8,16,23H,9,11-13H2,(H2,21,22,24). The van der Waals surface area contributed by atoms with E-state index in [1.54, 1.807) is 24.4 Å². The molecule has 1 atom stereocenters. The van der Waals surface area contributed by atoms with Crippen molar-refractivity contribution in [2.45, 2.75) is 13.0 Å². The molecular formula is C18H20N4O2. The van der Waals surface area contributed by atoms with Gasteiger partial charge in [0.05, 0.1) is 11.6 Å². The van der Waals surface area contributed by atoms with Crippen LogP contribution in [0.5, 0.6) is 0 Å². The third kappa shape index (κ3) is 5.71. The molecule has 1 unspecified atom stereocenters. The third-order valence-electron chi connectivity index (χ3n) is 3.54. The maximum Gasteiger partial charge on any atom is 0.315 e. The van der Waals surface area contributed by atoms with Gasteiger partial charge in [-0.05, 0) is 36.2 Å². The molecule has 24 heavy (non-hydrogen) atoms. The minimum atomic E-state index is -0.308. The Hall–Kier alpha value is -2.91. The summed E-state index contributed by atoms with van der Waals surface area (Å²) in [5.41, 5.74) is 2.30. The Kier molecular flexibility index (Phi) is 6.74. The van der Waals surface area contributed by atoms with Crippen LogP contribution in [0.15, 0.2) is 48.7 Å². The van der Waals surface area contributed by atoms with Crippen LogP contribution in [-0.4, -0.2) is 29.3 Å². The highest BCUT2D eigenvalue weighted by Crippen LogP contribution is 2.05. The molecule has 2 aromatic rings. The second kappa shape index (κ2) is 9.28. The second-order valence-electron chi connectivity index (χ2n) is 5.45. The number of carbonyl (C=O) groups excluding carboxylic acids is 1. The minimum Gasteiger partial charge on any atom is -0.396 e. The van der Waals surface area contributed by atoms with Gasteiger partial charge in [0.2, 0.25) is 0 Å². The number of benzene rings is 1. The number of nitriles is 1. The second-order valence-corrected chi connectivity index (χ2v) is 5.45. The van der Waals surface area contributed by atoms with E-state index in [-0.39, 0.29) is 18.6 Å². The Bertz CT molecular complexity index is 698. The summed E-state index contributed by atoms with van der Waals surface area (Å²) in [6, 6.07) is 14.5. The molecule has 124 valence electrons. The van der Waals surface area contributed by atoms with Crippen molar-refractivity contribution >= 4 is 6.03 Å². The molecule has 0 aliphatic heterocycles. The zero-order chi connectivity index (χ0) is 17.2. The van der Waals surface area contributed by atoms with Crippen LogP contribution >= 0.6 is 0 Å². The van der Waals surface area contributed by atoms with Crippen LogP contribution in [-0.2, 0) is 13.0 Å². The van der Waals surface area contributed by atoms with Gasteiger partial charge >= 0.3 is 6.03 Å². The number of amides is 2. The molecule has 0 fully saturated rings. The van der Waals surface area contributed by atoms with Crippen molar-refractivity contribution in [2.24, 2.45) is 5.92 Å². The summed E-state index contributed by atoms with van der Waals surface area (Å²) in [6.45, 7) is 0.670. The van der Waals surface area contributed by atoms with Crippen LogP contribution in [0.4, 0.5) is 4.79 Å². The molecule has 1 aromatic carbocycles. The van der Waals surface area contributed by atoms with Gasteiger partial charge in [-0.3, -0.25) is 4.98 Å². The Balaban J connectivity index is 1.76. The van der Waals surface area contributed by atoms with Gasteiger partial charge in [0.15, 0.2) is 0 Å². The normalized spacial score (nSPS) is 11.3. The van der Waals surface area contributed by atoms with Crippen molar-refractivity contribution in [3.05, 3.63) is 65.5 Å². The largest absolute Gasteiger partial charge is 0.396 e. The van der Waals surface area contributed by atoms with E-state index in [1.165, 1.54) is 0 Å². The molecule has 2 amide bonds. The fourth-order valence-corrected chi connectivity index (χ4v) is 2.25. The summed E-state index contributed by atoms with van der Waals surface area (Å²) in [4.78, 5) is 16.1. The van der Waals surface area contributed by atoms with Crippen LogP contribution < -0.4 is 10.6 Å². The molecule has 0 saturated heterocycles. The van der Waals surface area contributed by atoms with Gasteiger partial charge in [-0.2, -0.15) is 5.26 Å². The number of urea groups is 1. The number of carbonyl (C=O) groups is 1. The Morgan fingerprint density at radius 3 is 2.83 bits per heavy atom. The first-order valence-electron chi connectivity index (χ1n) is 7.72. The lowest BCUT2D eigenvalue weighted by atomic mass is 10.0. The van der Waals surface area contributed by atoms with E-state index < -0.39 is 0 Å². The molecule has 0 saturated carbocycles. The van der Waals surface area contributed by atoms with Crippen LogP contribution in [0.1, 0.15) is 16.8 Å². The van der Waals surface area contributed by atoms with E-state index in [0.29, 0.717) is 25.1 Å². The molecule has 6 nitrogen and oxygen atoms in total. The van der Waals surface area contributed by atoms with Crippen molar-refractivity contribution < 1.29 is 9.90 Å². The molecule has 1 aromatic heterocycles. The highest BCUT2D eigenvalue weighted by Gasteiger charge is 2.11. The van der Waals surface area contributed by atoms with E-state index in [4.69, 9.17) is 5.26 Å². The number of aromatic nitrogens is 1. The summed E-state index contributed by atoms with van der Waals surface area (Å²) >= 11 is 0. The quantitative estimate of drug-likeness (QED) is 0.720. The third-order valence-corrected chi connectivity index (χ3v) is 3.54. The molecule has 0 aliphatic rings. The molecule has 3 N–H and O–H groups in total. The number of rotatable bonds is 7. The number of hydrogen-bond donors (Lipinski definition) is 3. The van der Waals surface area contributed by atoms with Gasteiger partial charge in [0, 0.05) is 37.5 Å². The smallest absolute Gasteiger partial charge is 0.315 e. The van der Waals surface area contributed by atoms with Gasteiger partial charge < -0.3 is 15.7 Å². The Morgan fingerprint density at radius 1 is 1.25 bits per heavy atom. The van der Waals surface area contributed by atoms with Gasteiger partial charge in [0.25, 0.3) is 0 Å². The van der Waals surface area contributed by atoms with Crippen molar-refractivity contribution in [1.82, 2.24) is 15.6 Å². The summed E-state index contributed by atoms with van der Waals surface area (Å²) in [5.74, 6) is -0.0902. The lowest BCUT2D eigenvalue weighted by molar-refractivity contribution is 0.213. The maximum absolute atomic E-state index is 11.9. The Morgan fingerprint density at radius 2 is 2.12 bits per heavy atom. The zero-order valence-corrected chi connectivity index (χ0v) is 13.3. The average Bonchev–Trinajstić information content (AvgIpc) is 2.64. The first-order chi connectivity index (χ1) is 11.7. The van der Waals surface area contributed by atoms with Crippen molar-refractivity contribution in [3.63, 3.8) is 0 Å². The summed E-state index contributed by atoms with van der Waals surface area (Å²) in [7, 11) is 0. The van der Waals surface area contributed by atoms with E-state index in [1.807, 2.05) is 24.3 Å². The first-order valence-corrected chi connectivity index (χ1v) is 7.72. The molecular weight excluding hydrogens is 304 g/mol. The number of aliphatic hydroxyl groups is 1. The van der Waals surface area contributed by atoms with E-state index >= 15 is 0 Å². The van der Waals surface area contributed by atoms with Gasteiger partial charge in [0.1, 0.15) is 0 Å². The summed E-state index contributed by atoms with van der Waals surface area (Å²) in [5, 5.41) is 23.8. The SMILES string of the molecule is N#Cc1cccc(CNC(=O)NCC(CO)Cc2ccccn2)c1. The molecule has 0 bridgehead atoms. The van der Waals surface area contributed by atoms with Crippen LogP contribution in [0.3, 0.4) is 0 Å². The fourth-order valence-electron chi connectivity index (χ4n) is 2.25. The average molecular weight is 324 g/mol. The summed E-state index contributed by atoms with van der Waals surface area (Å²) in [6.07, 6.45) is 2.31. The molecule has 0 spiro atoms. The van der Waals surface area contributed by atoms with Gasteiger partial charge in [-0.15, -0.1) is 0 Å². The predicted molar refractivity (Wildman–Crippen MR) is 89.9 cm³/mol. The fraction of sp³-hybridized carbons (Fsp3) is 0.278. The van der Waals surface area contributed by atoms with E-state index in [2.05, 4.69) is 21.7 Å². The maximum atomic E-state index is 11.9. The van der Waals surface area contributed by atoms with Crippen LogP contribution in [0, 0.1) is 17.2 Å². The predicted octanol–water partition coefficient (Wildman–Crippen LogP) is 1.60. The number of aliphatic hydroxyl groups excluding tert-OH is 1. The highest BCUT2D eigenvalue weighted by molar-refractivity contribution is 5.73. The number of pyridine rings is 1.